The van der Waals surface area contributed by atoms with E-state index in [2.05, 4.69) is 0 Å². The first kappa shape index (κ1) is 13.3. The van der Waals surface area contributed by atoms with Crippen LogP contribution in [0, 0.1) is 11.8 Å². The summed E-state index contributed by atoms with van der Waals surface area (Å²) in [5.41, 5.74) is 0. The minimum absolute atomic E-state index is 0.123. The molecule has 2 bridgehead atoms. The topological polar surface area (TPSA) is 124 Å². The summed E-state index contributed by atoms with van der Waals surface area (Å²) in [6.45, 7) is 0. The van der Waals surface area contributed by atoms with Crippen molar-refractivity contribution in [3.05, 3.63) is 0 Å². The molecule has 1 N–H and O–H groups in total. The van der Waals surface area contributed by atoms with Crippen molar-refractivity contribution in [2.24, 2.45) is 11.8 Å². The first-order chi connectivity index (χ1) is 8.67. The maximum absolute atomic E-state index is 11.8. The van der Waals surface area contributed by atoms with Crippen LogP contribution in [0.2, 0.25) is 0 Å². The third kappa shape index (κ3) is 2.16. The van der Waals surface area contributed by atoms with Gasteiger partial charge in [0.25, 0.3) is 20.2 Å². The molecular weight excluding hydrogens is 300 g/mol. The van der Waals surface area contributed by atoms with Crippen LogP contribution in [-0.2, 0) is 34.0 Å². The van der Waals surface area contributed by atoms with E-state index in [9.17, 15) is 21.6 Å². The van der Waals surface area contributed by atoms with Gasteiger partial charge in [-0.2, -0.15) is 16.8 Å². The van der Waals surface area contributed by atoms with E-state index in [1.54, 1.807) is 0 Å². The first-order valence-electron chi connectivity index (χ1n) is 5.74. The van der Waals surface area contributed by atoms with Crippen LogP contribution >= 0.6 is 0 Å². The molecule has 0 spiro atoms. The molecule has 108 valence electrons. The molecule has 0 radical (unpaired) electrons. The lowest BCUT2D eigenvalue weighted by Crippen LogP contribution is -2.40. The molecule has 2 aliphatic carbocycles. The highest BCUT2D eigenvalue weighted by Crippen LogP contribution is 2.55. The summed E-state index contributed by atoms with van der Waals surface area (Å²) in [6.07, 6.45) is -0.123. The predicted molar refractivity (Wildman–Crippen MR) is 60.1 cm³/mol. The molecule has 0 aromatic carbocycles. The molecule has 0 amide bonds. The van der Waals surface area contributed by atoms with Gasteiger partial charge in [-0.25, -0.2) is 0 Å². The number of esters is 1. The third-order valence-electron chi connectivity index (χ3n) is 3.96. The Balaban J connectivity index is 1.78. The molecule has 19 heavy (non-hydrogen) atoms. The number of rotatable bonds is 3. The zero-order valence-corrected chi connectivity index (χ0v) is 11.3. The van der Waals surface area contributed by atoms with E-state index in [1.165, 1.54) is 0 Å². The predicted octanol–water partition coefficient (Wildman–Crippen LogP) is -1.08. The van der Waals surface area contributed by atoms with Crippen LogP contribution < -0.4 is 0 Å². The van der Waals surface area contributed by atoms with E-state index in [0.29, 0.717) is 12.8 Å². The van der Waals surface area contributed by atoms with Gasteiger partial charge in [0, 0.05) is 11.8 Å². The molecule has 0 aromatic heterocycles. The lowest BCUT2D eigenvalue weighted by Gasteiger charge is -2.24. The van der Waals surface area contributed by atoms with Gasteiger partial charge in [0.1, 0.15) is 11.4 Å². The molecule has 2 saturated carbocycles. The second-order valence-corrected chi connectivity index (χ2v) is 8.34. The molecule has 4 unspecified atom stereocenters. The highest BCUT2D eigenvalue weighted by molar-refractivity contribution is 7.87. The molecule has 3 fully saturated rings. The smallest absolute Gasteiger partial charge is 0.323 e. The van der Waals surface area contributed by atoms with Gasteiger partial charge < -0.3 is 4.74 Å². The molecule has 1 aliphatic heterocycles. The molecule has 3 rings (SSSR count). The summed E-state index contributed by atoms with van der Waals surface area (Å²) in [4.78, 5) is 11.4. The van der Waals surface area contributed by atoms with Gasteiger partial charge in [-0.05, 0) is 12.8 Å². The summed E-state index contributed by atoms with van der Waals surface area (Å²) in [5, 5.41) is -0.901. The minimum Gasteiger partial charge on any atom is -0.460 e. The Hall–Kier alpha value is -0.710. The first-order valence-corrected chi connectivity index (χ1v) is 8.82. The fourth-order valence-electron chi connectivity index (χ4n) is 3.42. The quantitative estimate of drug-likeness (QED) is 0.396. The van der Waals surface area contributed by atoms with E-state index in [4.69, 9.17) is 13.5 Å². The molecular formula is C9H12O8S2. The highest BCUT2D eigenvalue weighted by atomic mass is 32.2. The van der Waals surface area contributed by atoms with Crippen molar-refractivity contribution in [1.82, 2.24) is 0 Å². The minimum atomic E-state index is -4.48. The van der Waals surface area contributed by atoms with Crippen LogP contribution in [0.5, 0.6) is 0 Å². The van der Waals surface area contributed by atoms with Gasteiger partial charge in [-0.1, -0.05) is 0 Å². The van der Waals surface area contributed by atoms with Crippen LogP contribution in [0.15, 0.2) is 0 Å². The zero-order valence-electron chi connectivity index (χ0n) is 9.63. The standard InChI is InChI=1S/C9H12O8S2/c10-7(3-18(11,12)13)16-8-4-1-5-6(2-4)17-19(14,15)9(5)8/h4-6,8-9H,1-3H2,(H,11,12,13)/t4-,5?,6?,8?,9?/m1/s1. The van der Waals surface area contributed by atoms with Crippen molar-refractivity contribution in [2.45, 2.75) is 30.3 Å². The lowest BCUT2D eigenvalue weighted by molar-refractivity contribution is -0.148. The highest BCUT2D eigenvalue weighted by Gasteiger charge is 2.66. The number of carbonyl (C=O) groups excluding carboxylic acids is 1. The largest absolute Gasteiger partial charge is 0.460 e. The number of hydrogen-bond donors (Lipinski definition) is 1. The normalized spacial score (nSPS) is 42.5. The van der Waals surface area contributed by atoms with E-state index in [-0.39, 0.29) is 17.9 Å². The van der Waals surface area contributed by atoms with E-state index in [0.717, 1.165) is 0 Å². The Morgan fingerprint density at radius 1 is 1.37 bits per heavy atom. The second-order valence-electron chi connectivity index (χ2n) is 5.17. The van der Waals surface area contributed by atoms with Gasteiger partial charge in [0.2, 0.25) is 0 Å². The Labute approximate surface area is 109 Å². The van der Waals surface area contributed by atoms with Crippen molar-refractivity contribution >= 4 is 26.2 Å². The van der Waals surface area contributed by atoms with Gasteiger partial charge in [-0.3, -0.25) is 13.5 Å². The van der Waals surface area contributed by atoms with E-state index < -0.39 is 43.3 Å². The molecule has 10 heteroatoms. The Morgan fingerprint density at radius 2 is 2.05 bits per heavy atom. The van der Waals surface area contributed by atoms with E-state index >= 15 is 0 Å². The molecule has 1 saturated heterocycles. The van der Waals surface area contributed by atoms with Gasteiger partial charge >= 0.3 is 5.97 Å². The van der Waals surface area contributed by atoms with Gasteiger partial charge in [-0.15, -0.1) is 0 Å². The average Bonchev–Trinajstić information content (AvgIpc) is 2.74. The summed E-state index contributed by atoms with van der Waals surface area (Å²) in [6, 6.07) is 0. The van der Waals surface area contributed by atoms with Gasteiger partial charge in [0.15, 0.2) is 5.75 Å². The summed E-state index contributed by atoms with van der Waals surface area (Å²) in [7, 11) is -8.23. The van der Waals surface area contributed by atoms with E-state index in [1.807, 2.05) is 0 Å². The molecule has 5 atom stereocenters. The Kier molecular flexibility index (Phi) is 2.73. The average molecular weight is 312 g/mol. The van der Waals surface area contributed by atoms with Crippen molar-refractivity contribution in [3.8, 4) is 0 Å². The number of carbonyl (C=O) groups is 1. The molecule has 0 aromatic rings. The second kappa shape index (κ2) is 3.90. The van der Waals surface area contributed by atoms with Crippen molar-refractivity contribution in [2.75, 3.05) is 5.75 Å². The van der Waals surface area contributed by atoms with Crippen LogP contribution in [0.4, 0.5) is 0 Å². The fourth-order valence-corrected chi connectivity index (χ4v) is 5.80. The van der Waals surface area contributed by atoms with Crippen LogP contribution in [0.25, 0.3) is 0 Å². The van der Waals surface area contributed by atoms with Crippen LogP contribution in [0.3, 0.4) is 0 Å². The maximum atomic E-state index is 11.8. The van der Waals surface area contributed by atoms with Crippen molar-refractivity contribution in [1.29, 1.82) is 0 Å². The number of fused-ring (bicyclic) bond motifs is 1. The molecule has 1 heterocycles. The lowest BCUT2D eigenvalue weighted by atomic mass is 9.95. The maximum Gasteiger partial charge on any atom is 0.323 e. The summed E-state index contributed by atoms with van der Waals surface area (Å²) in [5.74, 6) is -2.61. The monoisotopic (exact) mass is 312 g/mol. The summed E-state index contributed by atoms with van der Waals surface area (Å²) < 4.78 is 63.2. The number of ether oxygens (including phenoxy) is 1. The van der Waals surface area contributed by atoms with Crippen LogP contribution in [0.1, 0.15) is 12.8 Å². The van der Waals surface area contributed by atoms with Crippen LogP contribution in [-0.4, -0.2) is 50.6 Å². The fraction of sp³-hybridized carbons (Fsp3) is 0.889. The summed E-state index contributed by atoms with van der Waals surface area (Å²) >= 11 is 0. The zero-order chi connectivity index (χ0) is 14.0. The SMILES string of the molecule is O=C(CS(=O)(=O)O)OC1C2C3C[C@@H]1CC3OS2(=O)=O. The van der Waals surface area contributed by atoms with Gasteiger partial charge in [0.05, 0.1) is 6.10 Å². The Bertz CT molecular complexity index is 619. The molecule has 8 nitrogen and oxygen atoms in total. The van der Waals surface area contributed by atoms with Crippen molar-refractivity contribution in [3.63, 3.8) is 0 Å². The Morgan fingerprint density at radius 3 is 2.68 bits per heavy atom. The number of hydrogen-bond acceptors (Lipinski definition) is 7. The molecule has 3 aliphatic rings. The third-order valence-corrected chi connectivity index (χ3v) is 6.36. The van der Waals surface area contributed by atoms with Crippen molar-refractivity contribution < 1.29 is 35.1 Å².